The molecule has 0 unspecified atom stereocenters. The largest absolute Gasteiger partial charge is 0.345 e. The van der Waals surface area contributed by atoms with E-state index in [-0.39, 0.29) is 5.69 Å². The third-order valence-corrected chi connectivity index (χ3v) is 2.82. The predicted octanol–water partition coefficient (Wildman–Crippen LogP) is 1.04. The molecule has 1 aliphatic rings. The number of aromatic nitrogens is 3. The number of hydrogen-bond acceptors (Lipinski definition) is 2. The van der Waals surface area contributed by atoms with E-state index in [2.05, 4.69) is 11.7 Å². The zero-order valence-electron chi connectivity index (χ0n) is 8.44. The van der Waals surface area contributed by atoms with E-state index in [4.69, 9.17) is 0 Å². The van der Waals surface area contributed by atoms with Crippen LogP contribution in [-0.2, 0) is 13.6 Å². The van der Waals surface area contributed by atoms with Gasteiger partial charge in [0.15, 0.2) is 0 Å². The summed E-state index contributed by atoms with van der Waals surface area (Å²) in [6.45, 7) is 4.22. The molecule has 0 bridgehead atoms. The van der Waals surface area contributed by atoms with Crippen LogP contribution >= 0.6 is 0 Å². The topological polar surface area (TPSA) is 39.8 Å². The molecule has 1 heterocycles. The average Bonchev–Trinajstić information content (AvgIpc) is 2.31. The fourth-order valence-corrected chi connectivity index (χ4v) is 1.79. The van der Waals surface area contributed by atoms with E-state index in [0.29, 0.717) is 12.5 Å². The molecule has 4 nitrogen and oxygen atoms in total. The lowest BCUT2D eigenvalue weighted by atomic mass is 9.85. The SMILES string of the molecule is C=CCn1c(C2CCC2)nn(C)c1=O. The van der Waals surface area contributed by atoms with Gasteiger partial charge in [-0.2, -0.15) is 5.10 Å². The molecule has 76 valence electrons. The van der Waals surface area contributed by atoms with Crippen LogP contribution in [0.1, 0.15) is 31.0 Å². The average molecular weight is 193 g/mol. The third-order valence-electron chi connectivity index (χ3n) is 2.82. The van der Waals surface area contributed by atoms with E-state index < -0.39 is 0 Å². The van der Waals surface area contributed by atoms with Gasteiger partial charge >= 0.3 is 5.69 Å². The maximum Gasteiger partial charge on any atom is 0.345 e. The van der Waals surface area contributed by atoms with Crippen molar-refractivity contribution in [1.82, 2.24) is 14.3 Å². The lowest BCUT2D eigenvalue weighted by Crippen LogP contribution is -2.24. The molecule has 0 radical (unpaired) electrons. The van der Waals surface area contributed by atoms with Crippen molar-refractivity contribution >= 4 is 0 Å². The molecule has 0 amide bonds. The molecule has 0 atom stereocenters. The maximum absolute atomic E-state index is 11.6. The quantitative estimate of drug-likeness (QED) is 0.673. The molecule has 0 aromatic carbocycles. The van der Waals surface area contributed by atoms with Gasteiger partial charge in [0.05, 0.1) is 0 Å². The molecule has 0 aliphatic heterocycles. The van der Waals surface area contributed by atoms with Crippen LogP contribution in [0, 0.1) is 0 Å². The normalized spacial score (nSPS) is 16.6. The Hall–Kier alpha value is -1.32. The molecule has 0 saturated heterocycles. The summed E-state index contributed by atoms with van der Waals surface area (Å²) in [7, 11) is 1.70. The number of nitrogens with zero attached hydrogens (tertiary/aromatic N) is 3. The van der Waals surface area contributed by atoms with E-state index >= 15 is 0 Å². The van der Waals surface area contributed by atoms with Crippen LogP contribution in [0.3, 0.4) is 0 Å². The number of aryl methyl sites for hydroxylation is 1. The Morgan fingerprint density at radius 2 is 2.36 bits per heavy atom. The summed E-state index contributed by atoms with van der Waals surface area (Å²) in [5.74, 6) is 1.42. The van der Waals surface area contributed by atoms with E-state index in [0.717, 1.165) is 18.7 Å². The summed E-state index contributed by atoms with van der Waals surface area (Å²) in [4.78, 5) is 11.6. The molecule has 1 saturated carbocycles. The summed E-state index contributed by atoms with van der Waals surface area (Å²) in [5, 5.41) is 4.27. The van der Waals surface area contributed by atoms with Crippen LogP contribution in [0.4, 0.5) is 0 Å². The molecule has 1 fully saturated rings. The molecule has 2 rings (SSSR count). The minimum atomic E-state index is -0.0354. The first-order chi connectivity index (χ1) is 6.74. The molecular weight excluding hydrogens is 178 g/mol. The number of hydrogen-bond donors (Lipinski definition) is 0. The number of rotatable bonds is 3. The Kier molecular flexibility index (Phi) is 2.27. The molecule has 1 aromatic rings. The second-order valence-electron chi connectivity index (χ2n) is 3.79. The van der Waals surface area contributed by atoms with Gasteiger partial charge < -0.3 is 0 Å². The molecular formula is C10H15N3O. The van der Waals surface area contributed by atoms with Gasteiger partial charge in [-0.3, -0.25) is 4.57 Å². The summed E-state index contributed by atoms with van der Waals surface area (Å²) < 4.78 is 3.13. The summed E-state index contributed by atoms with van der Waals surface area (Å²) in [6.07, 6.45) is 5.32. The summed E-state index contributed by atoms with van der Waals surface area (Å²) >= 11 is 0. The molecule has 0 N–H and O–H groups in total. The number of allylic oxidation sites excluding steroid dienone is 1. The van der Waals surface area contributed by atoms with Gasteiger partial charge in [-0.1, -0.05) is 12.5 Å². The van der Waals surface area contributed by atoms with Crippen LogP contribution in [0.5, 0.6) is 0 Å². The van der Waals surface area contributed by atoms with Crippen molar-refractivity contribution in [3.05, 3.63) is 29.0 Å². The first-order valence-corrected chi connectivity index (χ1v) is 4.98. The maximum atomic E-state index is 11.6. The van der Waals surface area contributed by atoms with Crippen LogP contribution in [0.25, 0.3) is 0 Å². The van der Waals surface area contributed by atoms with Crippen molar-refractivity contribution in [2.45, 2.75) is 31.7 Å². The third kappa shape index (κ3) is 1.31. The van der Waals surface area contributed by atoms with Crippen molar-refractivity contribution in [3.63, 3.8) is 0 Å². The van der Waals surface area contributed by atoms with E-state index in [9.17, 15) is 4.79 Å². The van der Waals surface area contributed by atoms with Crippen LogP contribution < -0.4 is 5.69 Å². The van der Waals surface area contributed by atoms with Gasteiger partial charge in [-0.15, -0.1) is 6.58 Å². The van der Waals surface area contributed by atoms with Crippen molar-refractivity contribution < 1.29 is 0 Å². The zero-order chi connectivity index (χ0) is 10.1. The molecule has 1 aliphatic carbocycles. The van der Waals surface area contributed by atoms with Gasteiger partial charge in [-0.05, 0) is 12.8 Å². The predicted molar refractivity (Wildman–Crippen MR) is 54.3 cm³/mol. The first kappa shape index (κ1) is 9.24. The molecule has 14 heavy (non-hydrogen) atoms. The van der Waals surface area contributed by atoms with Crippen LogP contribution in [0.15, 0.2) is 17.4 Å². The molecule has 1 aromatic heterocycles. The fourth-order valence-electron chi connectivity index (χ4n) is 1.79. The van der Waals surface area contributed by atoms with Gasteiger partial charge in [0.2, 0.25) is 0 Å². The Morgan fingerprint density at radius 3 is 2.86 bits per heavy atom. The van der Waals surface area contributed by atoms with Crippen molar-refractivity contribution in [3.8, 4) is 0 Å². The fraction of sp³-hybridized carbons (Fsp3) is 0.600. The van der Waals surface area contributed by atoms with Gasteiger partial charge in [-0.25, -0.2) is 9.48 Å². The van der Waals surface area contributed by atoms with Gasteiger partial charge in [0.1, 0.15) is 5.82 Å². The van der Waals surface area contributed by atoms with Crippen molar-refractivity contribution in [2.75, 3.05) is 0 Å². The minimum absolute atomic E-state index is 0.0354. The smallest absolute Gasteiger partial charge is 0.275 e. The second kappa shape index (κ2) is 3.44. The monoisotopic (exact) mass is 193 g/mol. The van der Waals surface area contributed by atoms with E-state index in [1.165, 1.54) is 11.1 Å². The Labute approximate surface area is 82.9 Å². The highest BCUT2D eigenvalue weighted by atomic mass is 16.2. The Balaban J connectivity index is 2.41. The summed E-state index contributed by atoms with van der Waals surface area (Å²) in [6, 6.07) is 0. The molecule has 4 heteroatoms. The van der Waals surface area contributed by atoms with Gasteiger partial charge in [0.25, 0.3) is 0 Å². The molecule has 0 spiro atoms. The lowest BCUT2D eigenvalue weighted by molar-refractivity contribution is 0.387. The lowest BCUT2D eigenvalue weighted by Gasteiger charge is -2.24. The van der Waals surface area contributed by atoms with Gasteiger partial charge in [0, 0.05) is 19.5 Å². The highest BCUT2D eigenvalue weighted by molar-refractivity contribution is 5.02. The Morgan fingerprint density at radius 1 is 1.64 bits per heavy atom. The first-order valence-electron chi connectivity index (χ1n) is 4.98. The van der Waals surface area contributed by atoms with E-state index in [1.807, 2.05) is 0 Å². The second-order valence-corrected chi connectivity index (χ2v) is 3.79. The highest BCUT2D eigenvalue weighted by Crippen LogP contribution is 2.34. The minimum Gasteiger partial charge on any atom is -0.275 e. The van der Waals surface area contributed by atoms with Crippen molar-refractivity contribution in [1.29, 1.82) is 0 Å². The standard InChI is InChI=1S/C10H15N3O/c1-3-7-13-9(8-5-4-6-8)11-12(2)10(13)14/h3,8H,1,4-7H2,2H3. The highest BCUT2D eigenvalue weighted by Gasteiger charge is 2.25. The van der Waals surface area contributed by atoms with Crippen LogP contribution in [-0.4, -0.2) is 14.3 Å². The Bertz CT molecular complexity index is 398. The van der Waals surface area contributed by atoms with Crippen molar-refractivity contribution in [2.24, 2.45) is 7.05 Å². The van der Waals surface area contributed by atoms with E-state index in [1.54, 1.807) is 17.7 Å². The van der Waals surface area contributed by atoms with Crippen LogP contribution in [0.2, 0.25) is 0 Å². The zero-order valence-corrected chi connectivity index (χ0v) is 8.44. The summed E-state index contributed by atoms with van der Waals surface area (Å²) in [5.41, 5.74) is -0.0354.